The number of ether oxygens (including phenoxy) is 1. The van der Waals surface area contributed by atoms with Gasteiger partial charge in [0.15, 0.2) is 0 Å². The van der Waals surface area contributed by atoms with Gasteiger partial charge in [-0.05, 0) is 18.9 Å². The number of fused-ring (bicyclic) bond motifs is 1. The summed E-state index contributed by atoms with van der Waals surface area (Å²) in [7, 11) is 0. The van der Waals surface area contributed by atoms with Crippen LogP contribution in [0.4, 0.5) is 0 Å². The number of hydrogen-bond donors (Lipinski definition) is 0. The Balaban J connectivity index is 2.00. The van der Waals surface area contributed by atoms with Crippen molar-refractivity contribution in [1.29, 1.82) is 0 Å². The lowest BCUT2D eigenvalue weighted by Gasteiger charge is -2.18. The minimum Gasteiger partial charge on any atom is -0.361 e. The molecule has 0 aromatic heterocycles. The van der Waals surface area contributed by atoms with E-state index in [2.05, 4.69) is 40.2 Å². The molecule has 74 valence electrons. The Bertz CT molecular complexity index is 363. The van der Waals surface area contributed by atoms with Crippen molar-refractivity contribution in [2.75, 3.05) is 0 Å². The minimum absolute atomic E-state index is 0.0817. The monoisotopic (exact) mass is 252 g/mol. The first-order valence-corrected chi connectivity index (χ1v) is 6.05. The third-order valence-corrected chi connectivity index (χ3v) is 4.10. The fourth-order valence-electron chi connectivity index (χ4n) is 2.63. The van der Waals surface area contributed by atoms with E-state index in [-0.39, 0.29) is 5.60 Å². The Labute approximate surface area is 92.6 Å². The second kappa shape index (κ2) is 3.07. The van der Waals surface area contributed by atoms with Crippen LogP contribution in [0.25, 0.3) is 0 Å². The molecule has 2 aliphatic rings. The first kappa shape index (κ1) is 8.93. The maximum absolute atomic E-state index is 5.90. The van der Waals surface area contributed by atoms with Crippen LogP contribution in [0.3, 0.4) is 0 Å². The molecule has 2 atom stereocenters. The Morgan fingerprint density at radius 1 is 1.29 bits per heavy atom. The number of rotatable bonds is 1. The number of hydrogen-bond acceptors (Lipinski definition) is 1. The maximum atomic E-state index is 5.90. The molecule has 0 unspecified atom stereocenters. The lowest BCUT2D eigenvalue weighted by molar-refractivity contribution is 0.289. The number of epoxide rings is 1. The molecule has 1 nitrogen and oxygen atoms in total. The van der Waals surface area contributed by atoms with E-state index in [1.165, 1.54) is 35.7 Å². The topological polar surface area (TPSA) is 12.5 Å². The van der Waals surface area contributed by atoms with Crippen LogP contribution in [0.5, 0.6) is 0 Å². The summed E-state index contributed by atoms with van der Waals surface area (Å²) < 4.78 is 7.10. The van der Waals surface area contributed by atoms with Crippen LogP contribution in [0.15, 0.2) is 28.7 Å². The van der Waals surface area contributed by atoms with Gasteiger partial charge in [-0.1, -0.05) is 47.0 Å². The van der Waals surface area contributed by atoms with Crippen LogP contribution in [0, 0.1) is 0 Å². The molecular formula is C12H13BrO. The molecule has 1 aromatic rings. The molecule has 2 fully saturated rings. The maximum Gasteiger partial charge on any atom is 0.121 e. The van der Waals surface area contributed by atoms with Crippen molar-refractivity contribution in [3.05, 3.63) is 34.3 Å². The predicted molar refractivity (Wildman–Crippen MR) is 59.2 cm³/mol. The zero-order valence-corrected chi connectivity index (χ0v) is 9.59. The molecule has 0 spiro atoms. The summed E-state index contributed by atoms with van der Waals surface area (Å²) in [5.74, 6) is 0. The lowest BCUT2D eigenvalue weighted by atomic mass is 9.84. The van der Waals surface area contributed by atoms with Crippen molar-refractivity contribution >= 4 is 15.9 Å². The summed E-state index contributed by atoms with van der Waals surface area (Å²) in [4.78, 5) is 0. The van der Waals surface area contributed by atoms with Crippen molar-refractivity contribution in [2.45, 2.75) is 37.4 Å². The standard InChI is InChI=1S/C12H13BrO/c13-10-6-2-1-5-9(10)12-8-4-3-7-11(12)14-12/h1-2,5-6,11H,3-4,7-8H2/t11-,12-/m1/s1. The Morgan fingerprint density at radius 2 is 2.14 bits per heavy atom. The molecule has 1 heterocycles. The highest BCUT2D eigenvalue weighted by atomic mass is 79.9. The van der Waals surface area contributed by atoms with E-state index >= 15 is 0 Å². The van der Waals surface area contributed by atoms with Crippen LogP contribution < -0.4 is 0 Å². The molecular weight excluding hydrogens is 240 g/mol. The van der Waals surface area contributed by atoms with Gasteiger partial charge in [0.25, 0.3) is 0 Å². The van der Waals surface area contributed by atoms with Crippen molar-refractivity contribution < 1.29 is 4.74 Å². The van der Waals surface area contributed by atoms with Gasteiger partial charge < -0.3 is 4.74 Å². The molecule has 1 saturated heterocycles. The zero-order valence-electron chi connectivity index (χ0n) is 8.00. The lowest BCUT2D eigenvalue weighted by Crippen LogP contribution is -2.17. The van der Waals surface area contributed by atoms with Gasteiger partial charge in [-0.2, -0.15) is 0 Å². The molecule has 3 rings (SSSR count). The van der Waals surface area contributed by atoms with Gasteiger partial charge in [0, 0.05) is 10.0 Å². The molecule has 0 radical (unpaired) electrons. The Morgan fingerprint density at radius 3 is 2.93 bits per heavy atom. The van der Waals surface area contributed by atoms with E-state index in [0.29, 0.717) is 6.10 Å². The highest BCUT2D eigenvalue weighted by Crippen LogP contribution is 2.56. The summed E-state index contributed by atoms with van der Waals surface area (Å²) in [6.45, 7) is 0. The highest BCUT2D eigenvalue weighted by molar-refractivity contribution is 9.10. The van der Waals surface area contributed by atoms with Gasteiger partial charge in [-0.3, -0.25) is 0 Å². The molecule has 1 aliphatic carbocycles. The van der Waals surface area contributed by atoms with Gasteiger partial charge in [0.05, 0.1) is 6.10 Å². The van der Waals surface area contributed by atoms with Gasteiger partial charge in [0.2, 0.25) is 0 Å². The van der Waals surface area contributed by atoms with E-state index in [1.807, 2.05) is 0 Å². The summed E-state index contributed by atoms with van der Waals surface area (Å²) >= 11 is 3.61. The minimum atomic E-state index is 0.0817. The normalized spacial score (nSPS) is 35.1. The molecule has 0 N–H and O–H groups in total. The molecule has 1 saturated carbocycles. The number of halogens is 1. The van der Waals surface area contributed by atoms with E-state index in [1.54, 1.807) is 0 Å². The first-order chi connectivity index (χ1) is 6.83. The summed E-state index contributed by atoms with van der Waals surface area (Å²) in [6, 6.07) is 8.46. The number of benzene rings is 1. The largest absolute Gasteiger partial charge is 0.361 e. The fourth-order valence-corrected chi connectivity index (χ4v) is 3.25. The summed E-state index contributed by atoms with van der Waals surface area (Å²) in [6.07, 6.45) is 5.56. The van der Waals surface area contributed by atoms with Crippen molar-refractivity contribution in [3.8, 4) is 0 Å². The van der Waals surface area contributed by atoms with E-state index in [4.69, 9.17) is 4.74 Å². The second-order valence-electron chi connectivity index (χ2n) is 4.22. The van der Waals surface area contributed by atoms with Crippen LogP contribution >= 0.6 is 15.9 Å². The summed E-state index contributed by atoms with van der Waals surface area (Å²) in [5.41, 5.74) is 1.43. The molecule has 14 heavy (non-hydrogen) atoms. The second-order valence-corrected chi connectivity index (χ2v) is 5.08. The van der Waals surface area contributed by atoms with Crippen LogP contribution in [-0.2, 0) is 10.3 Å². The van der Waals surface area contributed by atoms with Gasteiger partial charge in [-0.25, -0.2) is 0 Å². The Hall–Kier alpha value is -0.340. The van der Waals surface area contributed by atoms with Gasteiger partial charge >= 0.3 is 0 Å². The SMILES string of the molecule is Brc1ccccc1[C@]12CCCC[C@H]1O2. The predicted octanol–water partition coefficient (Wildman–Crippen LogP) is 3.62. The smallest absolute Gasteiger partial charge is 0.121 e. The molecule has 2 heteroatoms. The highest BCUT2D eigenvalue weighted by Gasteiger charge is 2.58. The van der Waals surface area contributed by atoms with E-state index in [0.717, 1.165) is 0 Å². The van der Waals surface area contributed by atoms with Crippen LogP contribution in [0.1, 0.15) is 31.2 Å². The van der Waals surface area contributed by atoms with Gasteiger partial charge in [0.1, 0.15) is 5.60 Å². The van der Waals surface area contributed by atoms with Crippen LogP contribution in [-0.4, -0.2) is 6.10 Å². The average molecular weight is 253 g/mol. The third kappa shape index (κ3) is 1.17. The van der Waals surface area contributed by atoms with Crippen molar-refractivity contribution in [1.82, 2.24) is 0 Å². The quantitative estimate of drug-likeness (QED) is 0.696. The fraction of sp³-hybridized carbons (Fsp3) is 0.500. The molecule has 0 amide bonds. The zero-order chi connectivity index (χ0) is 9.60. The molecule has 1 aliphatic heterocycles. The third-order valence-electron chi connectivity index (χ3n) is 3.41. The first-order valence-electron chi connectivity index (χ1n) is 5.26. The van der Waals surface area contributed by atoms with E-state index in [9.17, 15) is 0 Å². The molecule has 0 bridgehead atoms. The van der Waals surface area contributed by atoms with Gasteiger partial charge in [-0.15, -0.1) is 0 Å². The van der Waals surface area contributed by atoms with Crippen molar-refractivity contribution in [3.63, 3.8) is 0 Å². The summed E-state index contributed by atoms with van der Waals surface area (Å²) in [5, 5.41) is 0. The van der Waals surface area contributed by atoms with Crippen LogP contribution in [0.2, 0.25) is 0 Å². The Kier molecular flexibility index (Phi) is 1.96. The average Bonchev–Trinajstić information content (AvgIpc) is 2.93. The van der Waals surface area contributed by atoms with E-state index < -0.39 is 0 Å². The molecule has 1 aromatic carbocycles. The van der Waals surface area contributed by atoms with Crippen molar-refractivity contribution in [2.24, 2.45) is 0 Å².